The number of anilines is 1. The fourth-order valence-electron chi connectivity index (χ4n) is 4.94. The quantitative estimate of drug-likeness (QED) is 0.457. The zero-order valence-electron chi connectivity index (χ0n) is 21.8. The summed E-state index contributed by atoms with van der Waals surface area (Å²) in [5, 5.41) is 5.88. The predicted octanol–water partition coefficient (Wildman–Crippen LogP) is 2.90. The third-order valence-corrected chi connectivity index (χ3v) is 8.11. The van der Waals surface area contributed by atoms with E-state index in [1.54, 1.807) is 0 Å². The molecule has 2 aliphatic heterocycles. The summed E-state index contributed by atoms with van der Waals surface area (Å²) in [4.78, 5) is 38.9. The van der Waals surface area contributed by atoms with E-state index in [0.717, 1.165) is 44.3 Å². The van der Waals surface area contributed by atoms with Gasteiger partial charge in [-0.25, -0.2) is 4.98 Å². The van der Waals surface area contributed by atoms with E-state index in [-0.39, 0.29) is 11.8 Å². The second-order valence-electron chi connectivity index (χ2n) is 9.90. The van der Waals surface area contributed by atoms with Crippen LogP contribution < -0.4 is 5.32 Å². The van der Waals surface area contributed by atoms with E-state index in [1.165, 1.54) is 22.5 Å². The Morgan fingerprint density at radius 3 is 2.05 bits per heavy atom. The summed E-state index contributed by atoms with van der Waals surface area (Å²) >= 11 is 1.45. The van der Waals surface area contributed by atoms with Gasteiger partial charge in [0.1, 0.15) is 5.69 Å². The molecular formula is C29H36N6O2S. The van der Waals surface area contributed by atoms with Crippen LogP contribution in [-0.2, 0) is 17.8 Å². The summed E-state index contributed by atoms with van der Waals surface area (Å²) in [7, 11) is 0. The summed E-state index contributed by atoms with van der Waals surface area (Å²) in [6.45, 7) is 8.21. The van der Waals surface area contributed by atoms with Crippen LogP contribution in [0, 0.1) is 0 Å². The molecule has 8 nitrogen and oxygen atoms in total. The van der Waals surface area contributed by atoms with E-state index in [9.17, 15) is 9.59 Å². The van der Waals surface area contributed by atoms with Gasteiger partial charge in [-0.2, -0.15) is 0 Å². The molecule has 3 aromatic rings. The number of thiazole rings is 1. The van der Waals surface area contributed by atoms with Gasteiger partial charge in [-0.15, -0.1) is 11.3 Å². The van der Waals surface area contributed by atoms with Crippen molar-refractivity contribution in [2.75, 3.05) is 70.8 Å². The second-order valence-corrected chi connectivity index (χ2v) is 10.8. The van der Waals surface area contributed by atoms with Gasteiger partial charge in [0.25, 0.3) is 5.91 Å². The maximum atomic E-state index is 13.0. The van der Waals surface area contributed by atoms with Crippen molar-refractivity contribution >= 4 is 28.3 Å². The molecule has 0 bridgehead atoms. The number of carbonyl (C=O) groups is 2. The average Bonchev–Trinajstić information content (AvgIpc) is 3.45. The molecule has 38 heavy (non-hydrogen) atoms. The normalized spacial score (nSPS) is 16.9. The smallest absolute Gasteiger partial charge is 0.273 e. The summed E-state index contributed by atoms with van der Waals surface area (Å²) in [5.41, 5.74) is 3.02. The maximum Gasteiger partial charge on any atom is 0.273 e. The second kappa shape index (κ2) is 13.0. The van der Waals surface area contributed by atoms with Crippen molar-refractivity contribution in [2.24, 2.45) is 0 Å². The van der Waals surface area contributed by atoms with Gasteiger partial charge in [-0.05, 0) is 17.5 Å². The van der Waals surface area contributed by atoms with Crippen molar-refractivity contribution in [1.82, 2.24) is 24.6 Å². The lowest BCUT2D eigenvalue weighted by molar-refractivity contribution is -0.134. The summed E-state index contributed by atoms with van der Waals surface area (Å²) in [6.07, 6.45) is 1.05. The first-order chi connectivity index (χ1) is 18.6. The number of aromatic nitrogens is 1. The van der Waals surface area contributed by atoms with E-state index in [4.69, 9.17) is 0 Å². The Morgan fingerprint density at radius 1 is 0.763 bits per heavy atom. The van der Waals surface area contributed by atoms with E-state index in [1.807, 2.05) is 39.4 Å². The molecule has 2 saturated heterocycles. The van der Waals surface area contributed by atoms with Crippen molar-refractivity contribution in [3.63, 3.8) is 0 Å². The largest absolute Gasteiger partial charge is 0.357 e. The molecule has 0 saturated carbocycles. The van der Waals surface area contributed by atoms with E-state index in [2.05, 4.69) is 56.5 Å². The van der Waals surface area contributed by atoms with Crippen molar-refractivity contribution in [2.45, 2.75) is 13.0 Å². The molecule has 0 spiro atoms. The standard InChI is InChI=1S/C29H36N6O2S/c36-27(34-17-13-32(14-18-34)12-11-24-7-3-1-4-8-24)22-33-15-19-35(20-16-33)28(37)26-23-38-29(31-26)30-21-25-9-5-2-6-10-25/h1-10,23H,11-22H2,(H,30,31). The summed E-state index contributed by atoms with van der Waals surface area (Å²) in [6, 6.07) is 20.7. The molecule has 5 rings (SSSR count). The third kappa shape index (κ3) is 7.18. The van der Waals surface area contributed by atoms with Crippen LogP contribution in [-0.4, -0.2) is 102 Å². The van der Waals surface area contributed by atoms with Gasteiger partial charge in [-0.1, -0.05) is 60.7 Å². The van der Waals surface area contributed by atoms with Crippen LogP contribution in [0.25, 0.3) is 0 Å². The van der Waals surface area contributed by atoms with Crippen LogP contribution in [0.4, 0.5) is 5.13 Å². The number of amides is 2. The molecule has 0 unspecified atom stereocenters. The highest BCUT2D eigenvalue weighted by Crippen LogP contribution is 2.19. The Labute approximate surface area is 228 Å². The highest BCUT2D eigenvalue weighted by Gasteiger charge is 2.27. The molecule has 2 aromatic carbocycles. The highest BCUT2D eigenvalue weighted by atomic mass is 32.1. The van der Waals surface area contributed by atoms with Crippen molar-refractivity contribution in [3.8, 4) is 0 Å². The molecular weight excluding hydrogens is 496 g/mol. The van der Waals surface area contributed by atoms with Crippen LogP contribution in [0.5, 0.6) is 0 Å². The number of nitrogens with one attached hydrogen (secondary N) is 1. The van der Waals surface area contributed by atoms with Crippen LogP contribution in [0.1, 0.15) is 21.6 Å². The summed E-state index contributed by atoms with van der Waals surface area (Å²) < 4.78 is 0. The molecule has 2 amide bonds. The van der Waals surface area contributed by atoms with Gasteiger partial charge in [0.2, 0.25) is 5.91 Å². The van der Waals surface area contributed by atoms with Crippen LogP contribution in [0.3, 0.4) is 0 Å². The topological polar surface area (TPSA) is 72.0 Å². The van der Waals surface area contributed by atoms with Crippen LogP contribution >= 0.6 is 11.3 Å². The third-order valence-electron chi connectivity index (χ3n) is 7.31. The number of hydrogen-bond donors (Lipinski definition) is 1. The Bertz CT molecular complexity index is 1170. The van der Waals surface area contributed by atoms with Gasteiger partial charge < -0.3 is 15.1 Å². The molecule has 200 valence electrons. The fourth-order valence-corrected chi connectivity index (χ4v) is 5.63. The maximum absolute atomic E-state index is 13.0. The zero-order chi connectivity index (χ0) is 26.2. The first kappa shape index (κ1) is 26.3. The first-order valence-electron chi connectivity index (χ1n) is 13.4. The molecule has 2 fully saturated rings. The lowest BCUT2D eigenvalue weighted by Gasteiger charge is -2.38. The Balaban J connectivity index is 1.00. The van der Waals surface area contributed by atoms with Crippen LogP contribution in [0.15, 0.2) is 66.0 Å². The van der Waals surface area contributed by atoms with Gasteiger partial charge in [-0.3, -0.25) is 19.4 Å². The highest BCUT2D eigenvalue weighted by molar-refractivity contribution is 7.13. The number of carbonyl (C=O) groups excluding carboxylic acids is 2. The molecule has 1 aromatic heterocycles. The van der Waals surface area contributed by atoms with E-state index >= 15 is 0 Å². The zero-order valence-corrected chi connectivity index (χ0v) is 22.6. The minimum Gasteiger partial charge on any atom is -0.357 e. The lowest BCUT2D eigenvalue weighted by atomic mass is 10.1. The van der Waals surface area contributed by atoms with Gasteiger partial charge >= 0.3 is 0 Å². The Hall–Kier alpha value is -3.27. The lowest BCUT2D eigenvalue weighted by Crippen LogP contribution is -2.54. The van der Waals surface area contributed by atoms with Gasteiger partial charge in [0, 0.05) is 70.8 Å². The minimum atomic E-state index is -0.0355. The fraction of sp³-hybridized carbons (Fsp3) is 0.414. The predicted molar refractivity (Wildman–Crippen MR) is 151 cm³/mol. The van der Waals surface area contributed by atoms with Crippen molar-refractivity contribution < 1.29 is 9.59 Å². The number of piperazine rings is 2. The molecule has 0 aliphatic carbocycles. The van der Waals surface area contributed by atoms with E-state index < -0.39 is 0 Å². The monoisotopic (exact) mass is 532 g/mol. The number of benzene rings is 2. The van der Waals surface area contributed by atoms with Crippen molar-refractivity contribution in [1.29, 1.82) is 0 Å². The SMILES string of the molecule is O=C(CN1CCN(C(=O)c2csc(NCc3ccccc3)n2)CC1)N1CCN(CCc2ccccc2)CC1. The summed E-state index contributed by atoms with van der Waals surface area (Å²) in [5.74, 6) is 0.160. The minimum absolute atomic E-state index is 0.0355. The molecule has 3 heterocycles. The van der Waals surface area contributed by atoms with E-state index in [0.29, 0.717) is 45.0 Å². The molecule has 2 aliphatic rings. The Morgan fingerprint density at radius 2 is 1.37 bits per heavy atom. The molecule has 1 N–H and O–H groups in total. The average molecular weight is 533 g/mol. The Kier molecular flexibility index (Phi) is 9.01. The molecule has 0 radical (unpaired) electrons. The number of nitrogens with zero attached hydrogens (tertiary/aromatic N) is 5. The molecule has 0 atom stereocenters. The number of rotatable bonds is 9. The van der Waals surface area contributed by atoms with Crippen molar-refractivity contribution in [3.05, 3.63) is 82.9 Å². The van der Waals surface area contributed by atoms with Gasteiger partial charge in [0.15, 0.2) is 5.13 Å². The van der Waals surface area contributed by atoms with Crippen LogP contribution in [0.2, 0.25) is 0 Å². The number of hydrogen-bond acceptors (Lipinski definition) is 7. The molecule has 9 heteroatoms. The first-order valence-corrected chi connectivity index (χ1v) is 14.3. The van der Waals surface area contributed by atoms with Gasteiger partial charge in [0.05, 0.1) is 6.54 Å².